The van der Waals surface area contributed by atoms with Crippen molar-refractivity contribution in [2.24, 2.45) is 0 Å². The number of halogens is 1. The first-order chi connectivity index (χ1) is 8.88. The molecule has 19 heavy (non-hydrogen) atoms. The molecule has 0 atom stereocenters. The molecule has 0 saturated heterocycles. The molecule has 3 N–H and O–H groups in total. The van der Waals surface area contributed by atoms with E-state index in [9.17, 15) is 12.8 Å². The van der Waals surface area contributed by atoms with Crippen molar-refractivity contribution >= 4 is 21.5 Å². The number of hydrogen-bond acceptors (Lipinski definition) is 4. The zero-order chi connectivity index (χ0) is 14.0. The van der Waals surface area contributed by atoms with Gasteiger partial charge in [0.25, 0.3) is 10.0 Å². The van der Waals surface area contributed by atoms with Crippen LogP contribution in [0.5, 0.6) is 0 Å². The highest BCUT2D eigenvalue weighted by atomic mass is 32.2. The number of aromatic nitrogens is 1. The quantitative estimate of drug-likeness (QED) is 0.842. The topological polar surface area (TPSA) is 85.1 Å². The van der Waals surface area contributed by atoms with Crippen molar-refractivity contribution in [2.75, 3.05) is 10.5 Å². The van der Waals surface area contributed by atoms with Crippen molar-refractivity contribution in [2.45, 2.75) is 11.8 Å². The number of nitrogens with zero attached hydrogens (tertiary/aromatic N) is 1. The van der Waals surface area contributed by atoms with Gasteiger partial charge in [-0.2, -0.15) is 0 Å². The number of pyridine rings is 1. The van der Waals surface area contributed by atoms with Gasteiger partial charge in [-0.05, 0) is 37.3 Å². The van der Waals surface area contributed by atoms with Crippen molar-refractivity contribution in [1.82, 2.24) is 4.98 Å². The highest BCUT2D eigenvalue weighted by molar-refractivity contribution is 7.92. The summed E-state index contributed by atoms with van der Waals surface area (Å²) in [6.07, 6.45) is 0. The Balaban J connectivity index is 2.40. The Morgan fingerprint density at radius 1 is 1.26 bits per heavy atom. The van der Waals surface area contributed by atoms with E-state index in [0.29, 0.717) is 5.69 Å². The van der Waals surface area contributed by atoms with E-state index < -0.39 is 20.7 Å². The first-order valence-corrected chi connectivity index (χ1v) is 6.88. The molecule has 0 unspecified atom stereocenters. The lowest BCUT2D eigenvalue weighted by atomic mass is 10.3. The third-order valence-corrected chi connectivity index (χ3v) is 3.74. The molecule has 0 aliphatic carbocycles. The lowest BCUT2D eigenvalue weighted by Gasteiger charge is -2.09. The third-order valence-electron chi connectivity index (χ3n) is 2.37. The van der Waals surface area contributed by atoms with Crippen LogP contribution in [0.2, 0.25) is 0 Å². The average Bonchev–Trinajstić information content (AvgIpc) is 2.31. The summed E-state index contributed by atoms with van der Waals surface area (Å²) in [5.74, 6) is -0.740. The number of nitrogens with one attached hydrogen (secondary N) is 1. The average molecular weight is 281 g/mol. The smallest absolute Gasteiger partial charge is 0.266 e. The molecule has 2 aromatic rings. The molecule has 0 radical (unpaired) electrons. The van der Waals surface area contributed by atoms with Gasteiger partial charge in [0.1, 0.15) is 16.5 Å². The maximum absolute atomic E-state index is 13.6. The fourth-order valence-electron chi connectivity index (χ4n) is 1.52. The summed E-state index contributed by atoms with van der Waals surface area (Å²) in [6.45, 7) is 1.72. The second-order valence-corrected chi connectivity index (χ2v) is 5.61. The normalized spacial score (nSPS) is 11.3. The summed E-state index contributed by atoms with van der Waals surface area (Å²) in [7, 11) is -4.05. The van der Waals surface area contributed by atoms with Crippen LogP contribution in [0, 0.1) is 12.7 Å². The number of anilines is 2. The molecule has 0 bridgehead atoms. The Morgan fingerprint density at radius 2 is 2.00 bits per heavy atom. The predicted octanol–water partition coefficient (Wildman–Crippen LogP) is 1.91. The Morgan fingerprint density at radius 3 is 2.68 bits per heavy atom. The lowest BCUT2D eigenvalue weighted by molar-refractivity contribution is 0.570. The minimum atomic E-state index is -4.05. The number of nitrogens with two attached hydrogens (primary N) is 1. The van der Waals surface area contributed by atoms with E-state index in [0.717, 1.165) is 12.1 Å². The van der Waals surface area contributed by atoms with Crippen LogP contribution in [0.1, 0.15) is 5.69 Å². The minimum Gasteiger partial charge on any atom is -0.399 e. The maximum Gasteiger partial charge on any atom is 0.266 e. The summed E-state index contributed by atoms with van der Waals surface area (Å²) in [6, 6.07) is 8.21. The molecule has 100 valence electrons. The van der Waals surface area contributed by atoms with Gasteiger partial charge in [0.15, 0.2) is 0 Å². The molecule has 0 amide bonds. The van der Waals surface area contributed by atoms with Crippen LogP contribution in [0.25, 0.3) is 0 Å². The van der Waals surface area contributed by atoms with E-state index in [4.69, 9.17) is 5.73 Å². The molecule has 1 aromatic carbocycles. The first-order valence-electron chi connectivity index (χ1n) is 5.40. The van der Waals surface area contributed by atoms with Crippen LogP contribution in [0.3, 0.4) is 0 Å². The van der Waals surface area contributed by atoms with Crippen LogP contribution in [-0.2, 0) is 10.0 Å². The van der Waals surface area contributed by atoms with Gasteiger partial charge in [0.2, 0.25) is 0 Å². The highest BCUT2D eigenvalue weighted by Crippen LogP contribution is 2.20. The van der Waals surface area contributed by atoms with E-state index in [1.54, 1.807) is 19.1 Å². The fraction of sp³-hybridized carbons (Fsp3) is 0.0833. The van der Waals surface area contributed by atoms with Gasteiger partial charge in [-0.1, -0.05) is 6.07 Å². The second kappa shape index (κ2) is 4.85. The van der Waals surface area contributed by atoms with Gasteiger partial charge in [-0.25, -0.2) is 17.8 Å². The summed E-state index contributed by atoms with van der Waals surface area (Å²) < 4.78 is 39.8. The van der Waals surface area contributed by atoms with Gasteiger partial charge < -0.3 is 5.73 Å². The van der Waals surface area contributed by atoms with Crippen LogP contribution in [0.15, 0.2) is 41.3 Å². The van der Waals surface area contributed by atoms with Gasteiger partial charge in [-0.15, -0.1) is 0 Å². The van der Waals surface area contributed by atoms with Crippen LogP contribution in [-0.4, -0.2) is 13.4 Å². The molecule has 1 heterocycles. The van der Waals surface area contributed by atoms with Gasteiger partial charge in [0, 0.05) is 11.4 Å². The first kappa shape index (κ1) is 13.3. The Bertz CT molecular complexity index is 717. The Kier molecular flexibility index (Phi) is 3.39. The highest BCUT2D eigenvalue weighted by Gasteiger charge is 2.20. The molecule has 0 fully saturated rings. The van der Waals surface area contributed by atoms with Crippen LogP contribution >= 0.6 is 0 Å². The SMILES string of the molecule is Cc1cccc(NS(=O)(=O)c2cc(N)ccc2F)n1. The van der Waals surface area contributed by atoms with Crippen LogP contribution in [0.4, 0.5) is 15.9 Å². The Labute approximate surface area is 110 Å². The van der Waals surface area contributed by atoms with E-state index in [2.05, 4.69) is 9.71 Å². The number of aryl methyl sites for hydroxylation is 1. The summed E-state index contributed by atoms with van der Waals surface area (Å²) in [5, 5.41) is 0. The van der Waals surface area contributed by atoms with Gasteiger partial charge in [-0.3, -0.25) is 4.72 Å². The molecular weight excluding hydrogens is 269 g/mol. The molecule has 0 aliphatic rings. The number of benzene rings is 1. The summed E-state index contributed by atoms with van der Waals surface area (Å²) in [4.78, 5) is 3.49. The zero-order valence-corrected chi connectivity index (χ0v) is 10.9. The standard InChI is InChI=1S/C12H12FN3O2S/c1-8-3-2-4-12(15-8)16-19(17,18)11-7-9(14)5-6-10(11)13/h2-7H,14H2,1H3,(H,15,16). The molecule has 0 spiro atoms. The van der Waals surface area contributed by atoms with E-state index in [1.165, 1.54) is 12.1 Å². The van der Waals surface area contributed by atoms with Gasteiger partial charge >= 0.3 is 0 Å². The van der Waals surface area contributed by atoms with Gasteiger partial charge in [0.05, 0.1) is 0 Å². The zero-order valence-electron chi connectivity index (χ0n) is 10.1. The molecular formula is C12H12FN3O2S. The lowest BCUT2D eigenvalue weighted by Crippen LogP contribution is -2.16. The number of hydrogen-bond donors (Lipinski definition) is 2. The largest absolute Gasteiger partial charge is 0.399 e. The number of sulfonamides is 1. The molecule has 1 aromatic heterocycles. The molecule has 5 nitrogen and oxygen atoms in total. The second-order valence-electron chi connectivity index (χ2n) is 3.96. The Hall–Kier alpha value is -2.15. The monoisotopic (exact) mass is 281 g/mol. The van der Waals surface area contributed by atoms with Crippen molar-refractivity contribution < 1.29 is 12.8 Å². The molecule has 7 heteroatoms. The molecule has 0 aliphatic heterocycles. The van der Waals surface area contributed by atoms with E-state index in [1.807, 2.05) is 0 Å². The third kappa shape index (κ3) is 3.00. The van der Waals surface area contributed by atoms with Crippen molar-refractivity contribution in [3.05, 3.63) is 47.9 Å². The molecule has 0 saturated carbocycles. The summed E-state index contributed by atoms with van der Waals surface area (Å²) in [5.41, 5.74) is 6.28. The van der Waals surface area contributed by atoms with E-state index in [-0.39, 0.29) is 11.5 Å². The van der Waals surface area contributed by atoms with Crippen LogP contribution < -0.4 is 10.5 Å². The van der Waals surface area contributed by atoms with Crippen molar-refractivity contribution in [3.8, 4) is 0 Å². The van der Waals surface area contributed by atoms with Crippen molar-refractivity contribution in [1.29, 1.82) is 0 Å². The fourth-order valence-corrected chi connectivity index (χ4v) is 2.63. The predicted molar refractivity (Wildman–Crippen MR) is 70.6 cm³/mol. The summed E-state index contributed by atoms with van der Waals surface area (Å²) >= 11 is 0. The molecule has 2 rings (SSSR count). The maximum atomic E-state index is 13.6. The number of rotatable bonds is 3. The van der Waals surface area contributed by atoms with Crippen molar-refractivity contribution in [3.63, 3.8) is 0 Å². The minimum absolute atomic E-state index is 0.127. The number of nitrogen functional groups attached to an aromatic ring is 1. The van der Waals surface area contributed by atoms with E-state index >= 15 is 0 Å².